The number of H-pyrrole nitrogens is 2. The van der Waals surface area contributed by atoms with Gasteiger partial charge in [-0.2, -0.15) is 0 Å². The summed E-state index contributed by atoms with van der Waals surface area (Å²) in [6, 6.07) is 19.2. The maximum atomic E-state index is 13.8. The monoisotopic (exact) mass is 764 g/mol. The van der Waals surface area contributed by atoms with Crippen molar-refractivity contribution in [2.75, 3.05) is 33.9 Å². The number of rotatable bonds is 15. The van der Waals surface area contributed by atoms with Gasteiger partial charge in [-0.25, -0.2) is 19.6 Å². The number of hydrogen-bond acceptors (Lipinski definition) is 10. The van der Waals surface area contributed by atoms with Crippen molar-refractivity contribution in [2.24, 2.45) is 0 Å². The maximum absolute atomic E-state index is 13.8. The van der Waals surface area contributed by atoms with Crippen LogP contribution in [0.4, 0.5) is 9.59 Å². The van der Waals surface area contributed by atoms with Crippen molar-refractivity contribution < 1.29 is 38.1 Å². The van der Waals surface area contributed by atoms with E-state index in [1.165, 1.54) is 14.2 Å². The number of alkyl carbamates (subject to hydrolysis) is 2. The van der Waals surface area contributed by atoms with Crippen LogP contribution in [0.2, 0.25) is 0 Å². The molecule has 0 saturated heterocycles. The van der Waals surface area contributed by atoms with Crippen molar-refractivity contribution in [1.82, 2.24) is 40.4 Å². The van der Waals surface area contributed by atoms with Crippen LogP contribution in [-0.2, 0) is 32.2 Å². The lowest BCUT2D eigenvalue weighted by atomic mass is 10.1. The molecule has 292 valence electrons. The van der Waals surface area contributed by atoms with E-state index in [0.717, 1.165) is 28.9 Å². The van der Waals surface area contributed by atoms with Crippen LogP contribution in [0.5, 0.6) is 23.0 Å². The zero-order valence-electron chi connectivity index (χ0n) is 31.6. The summed E-state index contributed by atoms with van der Waals surface area (Å²) in [6.07, 6.45) is 3.46. The largest absolute Gasteiger partial charge is 0.453 e. The smallest absolute Gasteiger partial charge is 0.407 e. The minimum absolute atomic E-state index is 0.177. The van der Waals surface area contributed by atoms with Gasteiger partial charge in [0.1, 0.15) is 24.2 Å². The Balaban J connectivity index is 1.12. The number of carbonyl (C=O) groups excluding carboxylic acids is 4. The molecular weight excluding hydrogens is 720 g/mol. The van der Waals surface area contributed by atoms with E-state index in [2.05, 4.69) is 35.3 Å². The maximum Gasteiger partial charge on any atom is 0.407 e. The summed E-state index contributed by atoms with van der Waals surface area (Å²) in [4.78, 5) is 69.1. The van der Waals surface area contributed by atoms with E-state index < -0.39 is 18.2 Å². The predicted molar refractivity (Wildman–Crippen MR) is 205 cm³/mol. The van der Waals surface area contributed by atoms with Gasteiger partial charge in [-0.3, -0.25) is 9.59 Å². The fraction of sp³-hybridized carbons (Fsp3) is 0.300. The molecule has 3 aromatic carbocycles. The number of hydrogen-bond donors (Lipinski definition) is 4. The average Bonchev–Trinajstić information content (AvgIpc) is 3.90. The Morgan fingerprint density at radius 2 is 1.25 bits per heavy atom. The third kappa shape index (κ3) is 9.26. The Kier molecular flexibility index (Phi) is 12.5. The molecule has 0 bridgehead atoms. The van der Waals surface area contributed by atoms with Gasteiger partial charge in [-0.05, 0) is 54.8 Å². The first kappa shape index (κ1) is 38.9. The Bertz CT molecular complexity index is 2170. The molecule has 0 saturated carbocycles. The Morgan fingerprint density at radius 3 is 1.79 bits per heavy atom. The highest BCUT2D eigenvalue weighted by Gasteiger charge is 2.29. The molecule has 3 heterocycles. The molecule has 0 fully saturated rings. The molecule has 4 N–H and O–H groups in total. The molecule has 0 spiro atoms. The summed E-state index contributed by atoms with van der Waals surface area (Å²) >= 11 is 0. The summed E-state index contributed by atoms with van der Waals surface area (Å²) in [6.45, 7) is 5.15. The van der Waals surface area contributed by atoms with Crippen molar-refractivity contribution >= 4 is 24.0 Å². The number of amides is 4. The minimum atomic E-state index is -0.930. The summed E-state index contributed by atoms with van der Waals surface area (Å²) in [7, 11) is 2.50. The van der Waals surface area contributed by atoms with Crippen LogP contribution < -0.4 is 20.1 Å². The predicted octanol–water partition coefficient (Wildman–Crippen LogP) is 6.30. The van der Waals surface area contributed by atoms with Crippen LogP contribution in [0.25, 0.3) is 22.5 Å². The number of carbonyl (C=O) groups is 4. The number of nitrogens with zero attached hydrogens (tertiary/aromatic N) is 4. The number of methoxy groups -OCH3 is 2. The highest BCUT2D eigenvalue weighted by atomic mass is 16.6. The van der Waals surface area contributed by atoms with Gasteiger partial charge in [0.05, 0.1) is 51.1 Å². The molecule has 0 radical (unpaired) electrons. The number of aromatic amines is 2. The first-order chi connectivity index (χ1) is 27.2. The highest BCUT2D eigenvalue weighted by molar-refractivity contribution is 5.87. The van der Waals surface area contributed by atoms with Gasteiger partial charge in [-0.15, -0.1) is 0 Å². The van der Waals surface area contributed by atoms with Crippen molar-refractivity contribution in [3.05, 3.63) is 96.3 Å². The first-order valence-corrected chi connectivity index (χ1v) is 18.2. The quantitative estimate of drug-likeness (QED) is 0.0923. The molecule has 0 aliphatic carbocycles. The molecule has 0 unspecified atom stereocenters. The number of benzene rings is 3. The van der Waals surface area contributed by atoms with Crippen LogP contribution >= 0.6 is 0 Å². The second kappa shape index (κ2) is 18.0. The van der Waals surface area contributed by atoms with Gasteiger partial charge in [-0.1, -0.05) is 44.2 Å². The lowest BCUT2D eigenvalue weighted by Gasteiger charge is -2.27. The number of fused-ring (bicyclic) bond motifs is 2. The number of aromatic nitrogens is 4. The average molecular weight is 765 g/mol. The molecule has 2 aromatic heterocycles. The minimum Gasteiger partial charge on any atom is -0.453 e. The van der Waals surface area contributed by atoms with E-state index in [1.54, 1.807) is 34.3 Å². The van der Waals surface area contributed by atoms with Gasteiger partial charge in [0, 0.05) is 24.2 Å². The fourth-order valence-corrected chi connectivity index (χ4v) is 6.18. The zero-order chi connectivity index (χ0) is 39.6. The lowest BCUT2D eigenvalue weighted by Crippen LogP contribution is -2.43. The highest BCUT2D eigenvalue weighted by Crippen LogP contribution is 2.47. The van der Waals surface area contributed by atoms with Gasteiger partial charge >= 0.3 is 12.2 Å². The number of ether oxygens (including phenoxy) is 4. The first-order valence-electron chi connectivity index (χ1n) is 18.2. The van der Waals surface area contributed by atoms with Gasteiger partial charge in [0.2, 0.25) is 11.8 Å². The normalized spacial score (nSPS) is 11.9. The van der Waals surface area contributed by atoms with Crippen molar-refractivity contribution in [3.8, 4) is 45.5 Å². The molecule has 16 nitrogen and oxygen atoms in total. The molecule has 4 amide bonds. The molecule has 5 aromatic rings. The fourth-order valence-electron chi connectivity index (χ4n) is 6.18. The Hall–Kier alpha value is -6.84. The second-order valence-corrected chi connectivity index (χ2v) is 12.9. The standard InChI is InChI=1S/C40H44N8O8/c1-5-16-47(36(49)22-43-39(51)53-3)23-34-41-20-28(44-34)26-12-14-30-32(18-26)55-31-15-13-27(19-33(31)56-30)29-21-42-35(45-29)24-48(17-6-2)38(50)37(46-40(52)54-4)25-10-8-7-9-11-25/h7-15,18-21,37H,5-6,16-17,22-24H2,1-4H3,(H,41,44)(H,42,45)(H,43,51)(H,46,52)/t37-/m1/s1. The Morgan fingerprint density at radius 1 is 0.714 bits per heavy atom. The molecule has 1 aliphatic heterocycles. The SMILES string of the molecule is CCCN(Cc1ncc(-c2ccc3c(c2)Oc2ccc(-c4cnc(CN(CCC)C(=O)[C@H](NC(=O)OC)c5ccccc5)[nH]4)cc2O3)[nH]1)C(=O)CNC(=O)OC. The van der Waals surface area contributed by atoms with E-state index in [9.17, 15) is 19.2 Å². The third-order valence-electron chi connectivity index (χ3n) is 8.94. The summed E-state index contributed by atoms with van der Waals surface area (Å²) in [5.74, 6) is 2.73. The summed E-state index contributed by atoms with van der Waals surface area (Å²) in [5.41, 5.74) is 3.70. The van der Waals surface area contributed by atoms with Gasteiger partial charge in [0.15, 0.2) is 23.0 Å². The van der Waals surface area contributed by atoms with Crippen LogP contribution in [0.15, 0.2) is 79.1 Å². The Labute approximate surface area is 323 Å². The van der Waals surface area contributed by atoms with E-state index in [1.807, 2.05) is 68.4 Å². The number of imidazole rings is 2. The summed E-state index contributed by atoms with van der Waals surface area (Å²) < 4.78 is 21.9. The van der Waals surface area contributed by atoms with Crippen molar-refractivity contribution in [2.45, 2.75) is 45.8 Å². The van der Waals surface area contributed by atoms with E-state index in [-0.39, 0.29) is 31.4 Å². The zero-order valence-corrected chi connectivity index (χ0v) is 31.6. The van der Waals surface area contributed by atoms with Crippen LogP contribution in [0.1, 0.15) is 49.9 Å². The molecule has 1 aliphatic rings. The van der Waals surface area contributed by atoms with E-state index in [4.69, 9.17) is 14.2 Å². The topological polar surface area (TPSA) is 193 Å². The van der Waals surface area contributed by atoms with Crippen molar-refractivity contribution in [3.63, 3.8) is 0 Å². The van der Waals surface area contributed by atoms with E-state index >= 15 is 0 Å². The number of nitrogens with one attached hydrogen (secondary N) is 4. The van der Waals surface area contributed by atoms with Crippen molar-refractivity contribution in [1.29, 1.82) is 0 Å². The van der Waals surface area contributed by atoms with Crippen LogP contribution in [-0.4, -0.2) is 87.6 Å². The molecule has 6 rings (SSSR count). The van der Waals surface area contributed by atoms with Gasteiger partial charge in [0.25, 0.3) is 0 Å². The molecule has 1 atom stereocenters. The van der Waals surface area contributed by atoms with Crippen LogP contribution in [0.3, 0.4) is 0 Å². The second-order valence-electron chi connectivity index (χ2n) is 12.9. The molecular formula is C40H44N8O8. The lowest BCUT2D eigenvalue weighted by molar-refractivity contribution is -0.134. The molecule has 16 heteroatoms. The van der Waals surface area contributed by atoms with Gasteiger partial charge < -0.3 is 49.3 Å². The van der Waals surface area contributed by atoms with Crippen LogP contribution in [0, 0.1) is 0 Å². The summed E-state index contributed by atoms with van der Waals surface area (Å²) in [5, 5.41) is 5.09. The third-order valence-corrected chi connectivity index (χ3v) is 8.94. The van der Waals surface area contributed by atoms with E-state index in [0.29, 0.717) is 59.7 Å². The molecule has 56 heavy (non-hydrogen) atoms.